The molecule has 0 saturated carbocycles. The second-order valence-electron chi connectivity index (χ2n) is 39.5. The normalized spacial score (nSPS) is 15.5. The largest absolute Gasteiger partial charge is 0.519 e. The molecule has 0 radical (unpaired) electrons. The molecule has 0 amide bonds. The Morgan fingerprint density at radius 2 is 0.926 bits per heavy atom. The van der Waals surface area contributed by atoms with Crippen molar-refractivity contribution in [2.24, 2.45) is 5.73 Å². The second kappa shape index (κ2) is 63.6. The summed E-state index contributed by atoms with van der Waals surface area (Å²) in [5.41, 5.74) is 24.3. The number of aliphatic carboxylic acids is 3. The summed E-state index contributed by atoms with van der Waals surface area (Å²) >= 11 is 25.9. The number of unbranched alkanes of at least 4 members (excludes halogenated alkanes) is 1. The number of nitrogens with zero attached hydrogens (tertiary/aromatic N) is 2. The number of hydrogen-bond donors (Lipinski definition) is 5. The van der Waals surface area contributed by atoms with Crippen molar-refractivity contribution in [2.75, 3.05) is 11.9 Å². The summed E-state index contributed by atoms with van der Waals surface area (Å²) in [6.45, 7) is 23.1. The van der Waals surface area contributed by atoms with Gasteiger partial charge in [-0.25, -0.2) is 14.6 Å². The molecule has 148 heavy (non-hydrogen) atoms. The summed E-state index contributed by atoms with van der Waals surface area (Å²) in [5.74, 6) is -0.627. The van der Waals surface area contributed by atoms with E-state index in [1.807, 2.05) is 91.0 Å². The third kappa shape index (κ3) is 44.7. The Morgan fingerprint density at radius 3 is 1.39 bits per heavy atom. The molecule has 3 atom stereocenters. The van der Waals surface area contributed by atoms with Gasteiger partial charge in [0, 0.05) is 75.9 Å². The fourth-order valence-electron chi connectivity index (χ4n) is 16.8. The number of pyridine rings is 1. The van der Waals surface area contributed by atoms with Crippen molar-refractivity contribution in [3.8, 4) is 0 Å². The zero-order valence-electron chi connectivity index (χ0n) is 86.6. The number of hydrogen-bond acceptors (Lipinski definition) is 17. The zero-order chi connectivity index (χ0) is 109. The number of carboxylic acid groups (broad SMARTS) is 3. The van der Waals surface area contributed by atoms with E-state index in [4.69, 9.17) is 57.2 Å². The molecule has 2 heterocycles. The number of rotatable bonds is 19. The Kier molecular flexibility index (Phi) is 53.8. The number of ether oxygens (including phenoxy) is 3. The van der Waals surface area contributed by atoms with Crippen molar-refractivity contribution in [1.29, 1.82) is 0 Å². The Morgan fingerprint density at radius 1 is 0.507 bits per heavy atom. The monoisotopic (exact) mass is 2440 g/mol. The summed E-state index contributed by atoms with van der Waals surface area (Å²) < 4.78 is 32.7. The van der Waals surface area contributed by atoms with Crippen molar-refractivity contribution in [3.63, 3.8) is 0 Å². The van der Waals surface area contributed by atoms with Crippen molar-refractivity contribution in [3.05, 3.63) is 358 Å². The molecule has 1 fully saturated rings. The maximum atomic E-state index is 11.6. The lowest BCUT2D eigenvalue weighted by Crippen LogP contribution is -2.41. The number of benzene rings is 10. The molecule has 10 aromatic carbocycles. The lowest BCUT2D eigenvalue weighted by molar-refractivity contribution is -0.384. The molecule has 11 aromatic rings. The van der Waals surface area contributed by atoms with E-state index in [0.29, 0.717) is 36.5 Å². The molecule has 7 N–H and O–H groups in total. The van der Waals surface area contributed by atoms with E-state index in [2.05, 4.69) is 292 Å². The van der Waals surface area contributed by atoms with Crippen molar-refractivity contribution < 1.29 is 77.3 Å². The van der Waals surface area contributed by atoms with Gasteiger partial charge in [-0.2, -0.15) is 0 Å². The Bertz CT molecular complexity index is 5910. The number of carbonyl (C=O) groups excluding carboxylic acids is 4. The average Bonchev–Trinajstić information content (AvgIpc) is 1.44. The smallest absolute Gasteiger partial charge is 0.481 e. The van der Waals surface area contributed by atoms with Crippen LogP contribution in [0.1, 0.15) is 294 Å². The van der Waals surface area contributed by atoms with Gasteiger partial charge in [-0.15, -0.1) is 0 Å². The third-order valence-electron chi connectivity index (χ3n) is 24.9. The fraction of sp³-hybridized carbons (Fsp3) is 0.373. The summed E-state index contributed by atoms with van der Waals surface area (Å²) in [6, 6.07) is 82.4. The topological polar surface area (TPSA) is 334 Å². The van der Waals surface area contributed by atoms with Crippen LogP contribution < -0.4 is 32.8 Å². The number of aromatic nitrogens is 1. The predicted molar refractivity (Wildman–Crippen MR) is 623 cm³/mol. The number of nitro groups is 1. The van der Waals surface area contributed by atoms with E-state index in [1.165, 1.54) is 147 Å². The van der Waals surface area contributed by atoms with E-state index in [9.17, 15) is 43.7 Å². The first kappa shape index (κ1) is 125. The van der Waals surface area contributed by atoms with Gasteiger partial charge in [0.2, 0.25) is 5.82 Å². The van der Waals surface area contributed by atoms with Crippen molar-refractivity contribution in [2.45, 2.75) is 277 Å². The standard InChI is InChI=1S/C22H21O2P.C18H27BO2.C12H15Br.C11H14BrN.C11H13BrO2.C11H11BrO2.C11H11BrO.C10H18O5.C7H5BrO.C5H4ClN3O2/c23-22(24)17-10-18-25(19-11-4-1-5-12-19,20-13-6-2-7-14-20)21-15-8-3-9-16-21;1-13-8-6-7-9-14-12-15(10-11-16(13)14)19-20-17(2,3)18(4,5)21-19;1-9-4-2-3-5-10-8-11(13)6-7-12(9)10;12-9-5-6-10-8(7-9)3-1-2-4-11(10)13;2*12-10-6-3-5-9(8-10)4-1-2-7-11(13)14;12-9-5-6-10-8(7-9)3-1-2-4-11(10)13;1-9(2,3)14-7(11)13-8(12)15-10(4,5)6;8-7-3-1-2-6(4-7)5-9;6-3-1-2-8-5(7)4(3)9(10)11/h1-9,11-16H,10,17-18H2;10-13H,6-9H2,1-5H3;6-9H,2-5H2,1H3;5-7,11H,1-4,13H2;3,5-6,8H,1-2,4,7H2,(H,13,14);1,3-6,8H,2,7H2,(H,13,14);5-7H,1-4H2;1-6H3;1-5H;1-2H,(H2,7,8)/p+1/b;;;;;4-1-;;;;. The summed E-state index contributed by atoms with van der Waals surface area (Å²) in [4.78, 5) is 88.4. The van der Waals surface area contributed by atoms with Crippen LogP contribution in [0.5, 0.6) is 0 Å². The van der Waals surface area contributed by atoms with Crippen LogP contribution in [0.4, 0.5) is 21.1 Å². The fourth-order valence-corrected chi connectivity index (χ4v) is 23.9. The highest BCUT2D eigenvalue weighted by Gasteiger charge is 2.52. The molecule has 4 aliphatic carbocycles. The molecule has 21 nitrogen and oxygen atoms in total. The minimum atomic E-state index is -1.87. The van der Waals surface area contributed by atoms with Gasteiger partial charge in [0.1, 0.15) is 45.7 Å². The van der Waals surface area contributed by atoms with Gasteiger partial charge in [0.15, 0.2) is 5.78 Å². The van der Waals surface area contributed by atoms with E-state index >= 15 is 0 Å². The van der Waals surface area contributed by atoms with Gasteiger partial charge in [-0.3, -0.25) is 34.1 Å². The highest BCUT2D eigenvalue weighted by Crippen LogP contribution is 2.56. The van der Waals surface area contributed by atoms with Crippen LogP contribution in [-0.4, -0.2) is 103 Å². The first-order valence-corrected chi connectivity index (χ1v) is 57.2. The number of anilines is 1. The van der Waals surface area contributed by atoms with E-state index < -0.39 is 53.6 Å². The van der Waals surface area contributed by atoms with Gasteiger partial charge in [-0.05, 0) is 361 Å². The molecule has 30 heteroatoms. The number of ketones is 1. The number of fused-ring (bicyclic) bond motifs is 4. The van der Waals surface area contributed by atoms with Crippen LogP contribution in [0.15, 0.2) is 282 Å². The van der Waals surface area contributed by atoms with Gasteiger partial charge < -0.3 is 50.3 Å². The lowest BCUT2D eigenvalue weighted by Gasteiger charge is -2.32. The van der Waals surface area contributed by atoms with Crippen LogP contribution >= 0.6 is 114 Å². The maximum Gasteiger partial charge on any atom is 0.519 e. The average molecular weight is 2440 g/mol. The number of aldehydes is 1. The molecule has 0 bridgehead atoms. The molecular formula is C118H140BBr6ClN4O17P+. The van der Waals surface area contributed by atoms with Crippen LogP contribution in [0.25, 0.3) is 6.08 Å². The first-order chi connectivity index (χ1) is 70.2. The lowest BCUT2D eigenvalue weighted by atomic mass is 9.76. The molecule has 0 spiro atoms. The van der Waals surface area contributed by atoms with Crippen molar-refractivity contribution in [1.82, 2.24) is 4.98 Å². The van der Waals surface area contributed by atoms with Gasteiger partial charge in [0.25, 0.3) is 0 Å². The Hall–Kier alpha value is -9.68. The highest BCUT2D eigenvalue weighted by atomic mass is 79.9. The quantitative estimate of drug-likeness (QED) is 0.00578. The number of carboxylic acids is 3. The van der Waals surface area contributed by atoms with Gasteiger partial charge in [0.05, 0.1) is 22.3 Å². The Balaban J connectivity index is 0.000000225. The minimum absolute atomic E-state index is 0.00231. The SMILES string of the molecule is CC(C)(C)OC(=O)OC(=O)OC(C)(C)C.CC1CCCCc2cc(B3OC(C)(C)C(C)(C)O3)ccc21.CC1CCCCc2cc(Br)ccc21.NC1CCCCc2cc(Br)ccc21.Nc1nccc(Cl)c1[N+](=O)[O-].O=C(O)CC/C=C\c1cccc(Br)c1.O=C(O)CCCCc1cccc(Br)c1.O=C(O)CCC[P+](c1ccccc1)(c1ccccc1)c1ccccc1.O=C1CCCCc2cc(Br)ccc21.O=Cc1cccc(Br)c1. The number of halogens is 7. The molecule has 1 aromatic heterocycles. The molecule has 5 aliphatic rings. The van der Waals surface area contributed by atoms with Gasteiger partial charge >= 0.3 is 43.0 Å². The van der Waals surface area contributed by atoms with Gasteiger partial charge in [-0.1, -0.05) is 280 Å². The maximum absolute atomic E-state index is 11.6. The molecule has 1 saturated heterocycles. The molecule has 3 unspecified atom stereocenters. The number of nitrogens with two attached hydrogens (primary N) is 2. The van der Waals surface area contributed by atoms with Crippen LogP contribution in [0, 0.1) is 10.1 Å². The summed E-state index contributed by atoms with van der Waals surface area (Å²) in [6.07, 6.45) is 28.5. The van der Waals surface area contributed by atoms with E-state index in [1.54, 1.807) is 64.8 Å². The number of Topliss-reactive ketones (excluding diaryl/α,β-unsaturated/α-hetero) is 1. The molecule has 1 aliphatic heterocycles. The Labute approximate surface area is 930 Å². The summed E-state index contributed by atoms with van der Waals surface area (Å²) in [5, 5.41) is 40.2. The number of carbonyl (C=O) groups is 7. The molecular weight excluding hydrogens is 2300 g/mol. The molecule has 790 valence electrons. The predicted octanol–water partition coefficient (Wildman–Crippen LogP) is 31.4. The van der Waals surface area contributed by atoms with Crippen molar-refractivity contribution >= 4 is 203 Å². The van der Waals surface area contributed by atoms with Crippen LogP contribution in [0.3, 0.4) is 0 Å². The second-order valence-corrected chi connectivity index (χ2v) is 49.0. The van der Waals surface area contributed by atoms with Crippen LogP contribution in [0.2, 0.25) is 5.02 Å². The van der Waals surface area contributed by atoms with E-state index in [-0.39, 0.29) is 60.2 Å². The van der Waals surface area contributed by atoms with Crippen LogP contribution in [-0.2, 0) is 70.0 Å². The zero-order valence-corrected chi connectivity index (χ0v) is 97.8. The van der Waals surface area contributed by atoms with E-state index in [0.717, 1.165) is 92.3 Å². The highest BCUT2D eigenvalue weighted by molar-refractivity contribution is 9.11. The number of nitrogen functional groups attached to an aromatic ring is 1. The first-order valence-electron chi connectivity index (χ1n) is 50.0. The summed E-state index contributed by atoms with van der Waals surface area (Å²) in [7, 11) is -2.11. The molecule has 16 rings (SSSR count). The minimum Gasteiger partial charge on any atom is -0.481 e. The number of aryl methyl sites for hydroxylation is 5. The third-order valence-corrected chi connectivity index (χ3v) is 32.7. The number of allylic oxidation sites excluding steroid dienone is 1.